The van der Waals surface area contributed by atoms with Crippen LogP contribution < -0.4 is 0 Å². The highest BCUT2D eigenvalue weighted by Crippen LogP contribution is 2.33. The van der Waals surface area contributed by atoms with E-state index in [1.165, 1.54) is 0 Å². The minimum atomic E-state index is -0.610. The Labute approximate surface area is 112 Å². The molecule has 3 atom stereocenters. The van der Waals surface area contributed by atoms with Gasteiger partial charge in [0.15, 0.2) is 0 Å². The minimum absolute atomic E-state index is 0.178. The van der Waals surface area contributed by atoms with Crippen molar-refractivity contribution in [3.8, 4) is 0 Å². The molecule has 0 radical (unpaired) electrons. The van der Waals surface area contributed by atoms with Gasteiger partial charge in [-0.25, -0.2) is 0 Å². The molecule has 3 nitrogen and oxygen atoms in total. The summed E-state index contributed by atoms with van der Waals surface area (Å²) in [5.74, 6) is 0.446. The normalized spacial score (nSPS) is 29.2. The molecule has 1 saturated carbocycles. The molecule has 1 aliphatic rings. The van der Waals surface area contributed by atoms with Crippen LogP contribution in [0.5, 0.6) is 0 Å². The van der Waals surface area contributed by atoms with Crippen LogP contribution in [-0.2, 0) is 4.79 Å². The van der Waals surface area contributed by atoms with Gasteiger partial charge in [0, 0.05) is 18.6 Å². The van der Waals surface area contributed by atoms with E-state index in [-0.39, 0.29) is 12.0 Å². The monoisotopic (exact) mass is 255 g/mol. The van der Waals surface area contributed by atoms with Gasteiger partial charge in [0.25, 0.3) is 0 Å². The van der Waals surface area contributed by atoms with Crippen molar-refractivity contribution in [1.29, 1.82) is 0 Å². The first-order chi connectivity index (χ1) is 8.32. The van der Waals surface area contributed by atoms with E-state index in [4.69, 9.17) is 0 Å². The Hall–Kier alpha value is -0.570. The van der Waals surface area contributed by atoms with Gasteiger partial charge in [0.1, 0.15) is 0 Å². The molecule has 3 heteroatoms. The van der Waals surface area contributed by atoms with Gasteiger partial charge in [-0.3, -0.25) is 9.69 Å². The average molecular weight is 255 g/mol. The van der Waals surface area contributed by atoms with Gasteiger partial charge in [0.2, 0.25) is 0 Å². The fourth-order valence-corrected chi connectivity index (χ4v) is 3.16. The van der Waals surface area contributed by atoms with Gasteiger partial charge < -0.3 is 5.11 Å². The van der Waals surface area contributed by atoms with Crippen LogP contribution in [0.4, 0.5) is 0 Å². The standard InChI is InChI=1S/C15H29NO2/c1-10(2)9-16(11(3)4)14-8-12(5)6-7-13(14)15(17)18/h10-14H,6-9H2,1-5H3,(H,17,18). The summed E-state index contributed by atoms with van der Waals surface area (Å²) in [7, 11) is 0. The lowest BCUT2D eigenvalue weighted by Gasteiger charge is -2.43. The number of hydrogen-bond donors (Lipinski definition) is 1. The maximum Gasteiger partial charge on any atom is 0.308 e. The predicted molar refractivity (Wildman–Crippen MR) is 74.6 cm³/mol. The molecule has 0 aromatic heterocycles. The lowest BCUT2D eigenvalue weighted by Crippen LogP contribution is -2.51. The quantitative estimate of drug-likeness (QED) is 0.820. The average Bonchev–Trinajstić information content (AvgIpc) is 2.24. The Balaban J connectivity index is 2.86. The lowest BCUT2D eigenvalue weighted by molar-refractivity contribution is -0.146. The molecule has 1 fully saturated rings. The van der Waals surface area contributed by atoms with Crippen molar-refractivity contribution >= 4 is 5.97 Å². The Morgan fingerprint density at radius 2 is 1.89 bits per heavy atom. The fraction of sp³-hybridized carbons (Fsp3) is 0.933. The number of nitrogens with zero attached hydrogens (tertiary/aromatic N) is 1. The number of aliphatic carboxylic acids is 1. The maximum atomic E-state index is 11.5. The second-order valence-electron chi connectivity index (χ2n) is 6.61. The van der Waals surface area contributed by atoms with Crippen molar-refractivity contribution in [3.05, 3.63) is 0 Å². The molecule has 0 amide bonds. The zero-order valence-corrected chi connectivity index (χ0v) is 12.5. The molecular weight excluding hydrogens is 226 g/mol. The summed E-state index contributed by atoms with van der Waals surface area (Å²) in [5, 5.41) is 9.43. The second kappa shape index (κ2) is 6.55. The number of carboxylic acids is 1. The van der Waals surface area contributed by atoms with Crippen molar-refractivity contribution in [3.63, 3.8) is 0 Å². The molecule has 0 aromatic carbocycles. The summed E-state index contributed by atoms with van der Waals surface area (Å²) < 4.78 is 0. The van der Waals surface area contributed by atoms with Crippen molar-refractivity contribution in [1.82, 2.24) is 4.90 Å². The first-order valence-electron chi connectivity index (χ1n) is 7.31. The third-order valence-corrected chi connectivity index (χ3v) is 4.06. The zero-order valence-electron chi connectivity index (χ0n) is 12.5. The molecule has 106 valence electrons. The highest BCUT2D eigenvalue weighted by molar-refractivity contribution is 5.71. The van der Waals surface area contributed by atoms with Gasteiger partial charge in [0.05, 0.1) is 5.92 Å². The van der Waals surface area contributed by atoms with Gasteiger partial charge in [-0.2, -0.15) is 0 Å². The molecule has 0 aliphatic heterocycles. The second-order valence-corrected chi connectivity index (χ2v) is 6.61. The molecule has 0 aromatic rings. The lowest BCUT2D eigenvalue weighted by atomic mass is 9.77. The van der Waals surface area contributed by atoms with Gasteiger partial charge in [-0.1, -0.05) is 20.8 Å². The number of carbonyl (C=O) groups is 1. The van der Waals surface area contributed by atoms with Crippen molar-refractivity contribution in [2.45, 2.75) is 66.0 Å². The first-order valence-corrected chi connectivity index (χ1v) is 7.31. The molecule has 0 heterocycles. The summed E-state index contributed by atoms with van der Waals surface area (Å²) in [6, 6.07) is 0.637. The third kappa shape index (κ3) is 3.98. The van der Waals surface area contributed by atoms with E-state index >= 15 is 0 Å². The van der Waals surface area contributed by atoms with E-state index in [9.17, 15) is 9.90 Å². The summed E-state index contributed by atoms with van der Waals surface area (Å²) in [6.45, 7) is 12.0. The van der Waals surface area contributed by atoms with E-state index in [0.717, 1.165) is 25.8 Å². The predicted octanol–water partition coefficient (Wildman–Crippen LogP) is 3.24. The number of carboxylic acid groups (broad SMARTS) is 1. The summed E-state index contributed by atoms with van der Waals surface area (Å²) in [4.78, 5) is 13.9. The minimum Gasteiger partial charge on any atom is -0.481 e. The molecular formula is C15H29NO2. The molecule has 1 rings (SSSR count). The van der Waals surface area contributed by atoms with Crippen LogP contribution in [0.25, 0.3) is 0 Å². The highest BCUT2D eigenvalue weighted by Gasteiger charge is 2.38. The zero-order chi connectivity index (χ0) is 13.9. The number of hydrogen-bond acceptors (Lipinski definition) is 2. The largest absolute Gasteiger partial charge is 0.481 e. The highest BCUT2D eigenvalue weighted by atomic mass is 16.4. The molecule has 3 unspecified atom stereocenters. The van der Waals surface area contributed by atoms with Crippen LogP contribution in [0.1, 0.15) is 53.9 Å². The molecule has 0 bridgehead atoms. The Bertz CT molecular complexity index is 276. The molecule has 18 heavy (non-hydrogen) atoms. The topological polar surface area (TPSA) is 40.5 Å². The van der Waals surface area contributed by atoms with Gasteiger partial charge in [-0.15, -0.1) is 0 Å². The van der Waals surface area contributed by atoms with Crippen molar-refractivity contribution < 1.29 is 9.90 Å². The summed E-state index contributed by atoms with van der Waals surface area (Å²) in [6.07, 6.45) is 2.92. The van der Waals surface area contributed by atoms with Crippen LogP contribution >= 0.6 is 0 Å². The Morgan fingerprint density at radius 1 is 1.28 bits per heavy atom. The fourth-order valence-electron chi connectivity index (χ4n) is 3.16. The van der Waals surface area contributed by atoms with E-state index in [0.29, 0.717) is 17.9 Å². The van der Waals surface area contributed by atoms with Crippen LogP contribution in [0.2, 0.25) is 0 Å². The third-order valence-electron chi connectivity index (χ3n) is 4.06. The molecule has 1 N–H and O–H groups in total. The molecule has 0 saturated heterocycles. The maximum absolute atomic E-state index is 11.5. The van der Waals surface area contributed by atoms with Crippen molar-refractivity contribution in [2.24, 2.45) is 17.8 Å². The van der Waals surface area contributed by atoms with Crippen LogP contribution in [0, 0.1) is 17.8 Å². The Morgan fingerprint density at radius 3 is 2.33 bits per heavy atom. The van der Waals surface area contributed by atoms with Crippen LogP contribution in [0.15, 0.2) is 0 Å². The molecule has 1 aliphatic carbocycles. The Kier molecular flexibility index (Phi) is 5.64. The number of rotatable bonds is 5. The van der Waals surface area contributed by atoms with E-state index in [2.05, 4.69) is 39.5 Å². The van der Waals surface area contributed by atoms with E-state index in [1.807, 2.05) is 0 Å². The summed E-state index contributed by atoms with van der Waals surface area (Å²) in [5.41, 5.74) is 0. The van der Waals surface area contributed by atoms with E-state index < -0.39 is 5.97 Å². The summed E-state index contributed by atoms with van der Waals surface area (Å²) >= 11 is 0. The first kappa shape index (κ1) is 15.5. The van der Waals surface area contributed by atoms with E-state index in [1.54, 1.807) is 0 Å². The van der Waals surface area contributed by atoms with Crippen LogP contribution in [0.3, 0.4) is 0 Å². The SMILES string of the molecule is CC(C)CN(C(C)C)C1CC(C)CCC1C(=O)O. The van der Waals surface area contributed by atoms with Gasteiger partial charge in [-0.05, 0) is 44.9 Å². The van der Waals surface area contributed by atoms with Crippen molar-refractivity contribution in [2.75, 3.05) is 6.54 Å². The smallest absolute Gasteiger partial charge is 0.308 e. The van der Waals surface area contributed by atoms with Crippen LogP contribution in [-0.4, -0.2) is 34.6 Å². The molecule has 0 spiro atoms. The van der Waals surface area contributed by atoms with Gasteiger partial charge >= 0.3 is 5.97 Å².